The molecule has 0 amide bonds. The first kappa shape index (κ1) is 15.0. The molecule has 0 saturated carbocycles. The Hall–Kier alpha value is -1.36. The third-order valence-electron chi connectivity index (χ3n) is 3.08. The highest BCUT2D eigenvalue weighted by Crippen LogP contribution is 2.16. The van der Waals surface area contributed by atoms with Gasteiger partial charge in [-0.1, -0.05) is 40.2 Å². The average Bonchev–Trinajstić information content (AvgIpc) is 2.48. The Morgan fingerprint density at radius 1 is 1.10 bits per heavy atom. The van der Waals surface area contributed by atoms with E-state index in [2.05, 4.69) is 21.2 Å². The summed E-state index contributed by atoms with van der Waals surface area (Å²) in [5, 5.41) is 13.3. The van der Waals surface area contributed by atoms with Gasteiger partial charge in [-0.2, -0.15) is 0 Å². The highest BCUT2D eigenvalue weighted by Gasteiger charge is 2.06. The number of halogens is 1. The molecule has 0 fully saturated rings. The van der Waals surface area contributed by atoms with Crippen LogP contribution in [0.25, 0.3) is 0 Å². The maximum Gasteiger partial charge on any atom is 0.118 e. The predicted molar refractivity (Wildman–Crippen MR) is 83.8 cm³/mol. The third kappa shape index (κ3) is 4.34. The highest BCUT2D eigenvalue weighted by molar-refractivity contribution is 9.10. The first-order valence-corrected chi connectivity index (χ1v) is 7.25. The minimum absolute atomic E-state index is 0.499. The van der Waals surface area contributed by atoms with Crippen molar-refractivity contribution in [1.29, 1.82) is 0 Å². The van der Waals surface area contributed by atoms with Gasteiger partial charge in [0.1, 0.15) is 5.75 Å². The first-order chi connectivity index (χ1) is 9.69. The Bertz CT molecular complexity index is 525. The summed E-state index contributed by atoms with van der Waals surface area (Å²) in [5.41, 5.74) is 2.07. The standard InChI is InChI=1S/C16H18BrNO2/c1-20-15-8-2-12(3-9-15)10-18-11-16(19)13-4-6-14(17)7-5-13/h2-9,16,18-19H,10-11H2,1H3. The van der Waals surface area contributed by atoms with Crippen LogP contribution in [0.3, 0.4) is 0 Å². The molecule has 0 saturated heterocycles. The van der Waals surface area contributed by atoms with Crippen molar-refractivity contribution in [2.45, 2.75) is 12.6 Å². The molecular weight excluding hydrogens is 318 g/mol. The number of methoxy groups -OCH3 is 1. The SMILES string of the molecule is COc1ccc(CNCC(O)c2ccc(Br)cc2)cc1. The van der Waals surface area contributed by atoms with E-state index in [1.54, 1.807) is 7.11 Å². The molecule has 1 unspecified atom stereocenters. The Kier molecular flexibility index (Phi) is 5.59. The van der Waals surface area contributed by atoms with E-state index in [1.165, 1.54) is 0 Å². The van der Waals surface area contributed by atoms with Crippen LogP contribution >= 0.6 is 15.9 Å². The van der Waals surface area contributed by atoms with Crippen molar-refractivity contribution in [2.75, 3.05) is 13.7 Å². The van der Waals surface area contributed by atoms with Gasteiger partial charge in [0.2, 0.25) is 0 Å². The maximum absolute atomic E-state index is 10.1. The van der Waals surface area contributed by atoms with Crippen LogP contribution in [-0.4, -0.2) is 18.8 Å². The molecule has 0 aliphatic heterocycles. The number of nitrogens with one attached hydrogen (secondary N) is 1. The van der Waals surface area contributed by atoms with Crippen molar-refractivity contribution in [3.8, 4) is 5.75 Å². The second kappa shape index (κ2) is 7.43. The molecule has 3 nitrogen and oxygen atoms in total. The summed E-state index contributed by atoms with van der Waals surface area (Å²) < 4.78 is 6.13. The van der Waals surface area contributed by atoms with Crippen molar-refractivity contribution in [1.82, 2.24) is 5.32 Å². The second-order valence-corrected chi connectivity index (χ2v) is 5.46. The summed E-state index contributed by atoms with van der Waals surface area (Å²) in [6, 6.07) is 15.6. The van der Waals surface area contributed by atoms with Gasteiger partial charge in [-0.15, -0.1) is 0 Å². The summed E-state index contributed by atoms with van der Waals surface area (Å²) >= 11 is 3.38. The fourth-order valence-electron chi connectivity index (χ4n) is 1.90. The van der Waals surface area contributed by atoms with E-state index in [1.807, 2.05) is 48.5 Å². The van der Waals surface area contributed by atoms with Crippen molar-refractivity contribution in [2.24, 2.45) is 0 Å². The zero-order valence-electron chi connectivity index (χ0n) is 11.3. The van der Waals surface area contributed by atoms with Gasteiger partial charge in [0.05, 0.1) is 13.2 Å². The number of benzene rings is 2. The summed E-state index contributed by atoms with van der Waals surface area (Å²) in [7, 11) is 1.65. The number of rotatable bonds is 6. The van der Waals surface area contributed by atoms with Crippen LogP contribution in [-0.2, 0) is 6.54 Å². The topological polar surface area (TPSA) is 41.5 Å². The number of aliphatic hydroxyl groups is 1. The van der Waals surface area contributed by atoms with Crippen LogP contribution in [0.4, 0.5) is 0 Å². The van der Waals surface area contributed by atoms with Crippen molar-refractivity contribution in [3.05, 3.63) is 64.1 Å². The Morgan fingerprint density at radius 2 is 1.75 bits per heavy atom. The molecule has 0 aliphatic rings. The largest absolute Gasteiger partial charge is 0.497 e. The lowest BCUT2D eigenvalue weighted by atomic mass is 10.1. The van der Waals surface area contributed by atoms with Gasteiger partial charge in [0.15, 0.2) is 0 Å². The summed E-state index contributed by atoms with van der Waals surface area (Å²) in [6.45, 7) is 1.24. The van der Waals surface area contributed by atoms with Gasteiger partial charge < -0.3 is 15.2 Å². The molecule has 0 aliphatic carbocycles. The molecule has 0 aromatic heterocycles. The Morgan fingerprint density at radius 3 is 2.35 bits per heavy atom. The lowest BCUT2D eigenvalue weighted by Crippen LogP contribution is -2.21. The quantitative estimate of drug-likeness (QED) is 0.851. The smallest absolute Gasteiger partial charge is 0.118 e. The van der Waals surface area contributed by atoms with Crippen LogP contribution in [0.2, 0.25) is 0 Å². The van der Waals surface area contributed by atoms with Crippen LogP contribution in [0.15, 0.2) is 53.0 Å². The lowest BCUT2D eigenvalue weighted by molar-refractivity contribution is 0.174. The van der Waals surface area contributed by atoms with E-state index in [-0.39, 0.29) is 0 Å². The minimum atomic E-state index is -0.499. The molecule has 2 aromatic rings. The maximum atomic E-state index is 10.1. The van der Waals surface area contributed by atoms with Gasteiger partial charge in [0, 0.05) is 17.6 Å². The van der Waals surface area contributed by atoms with E-state index in [4.69, 9.17) is 4.74 Å². The fourth-order valence-corrected chi connectivity index (χ4v) is 2.16. The monoisotopic (exact) mass is 335 g/mol. The molecule has 106 valence electrons. The molecular formula is C16H18BrNO2. The Balaban J connectivity index is 1.81. The first-order valence-electron chi connectivity index (χ1n) is 6.46. The predicted octanol–water partition coefficient (Wildman–Crippen LogP) is 3.28. The minimum Gasteiger partial charge on any atom is -0.497 e. The Labute approximate surface area is 127 Å². The zero-order chi connectivity index (χ0) is 14.4. The number of aliphatic hydroxyl groups excluding tert-OH is 1. The third-order valence-corrected chi connectivity index (χ3v) is 3.61. The molecule has 0 bridgehead atoms. The fraction of sp³-hybridized carbons (Fsp3) is 0.250. The summed E-state index contributed by atoms with van der Waals surface area (Å²) in [4.78, 5) is 0. The van der Waals surface area contributed by atoms with Crippen molar-refractivity contribution >= 4 is 15.9 Å². The molecule has 4 heteroatoms. The van der Waals surface area contributed by atoms with Crippen LogP contribution in [0, 0.1) is 0 Å². The van der Waals surface area contributed by atoms with Gasteiger partial charge >= 0.3 is 0 Å². The highest BCUT2D eigenvalue weighted by atomic mass is 79.9. The molecule has 2 rings (SSSR count). The molecule has 0 heterocycles. The van der Waals surface area contributed by atoms with Crippen molar-refractivity contribution in [3.63, 3.8) is 0 Å². The zero-order valence-corrected chi connectivity index (χ0v) is 12.9. The number of hydrogen-bond acceptors (Lipinski definition) is 3. The van der Waals surface area contributed by atoms with Crippen LogP contribution < -0.4 is 10.1 Å². The van der Waals surface area contributed by atoms with E-state index < -0.39 is 6.10 Å². The van der Waals surface area contributed by atoms with Gasteiger partial charge in [-0.3, -0.25) is 0 Å². The van der Waals surface area contributed by atoms with Crippen LogP contribution in [0.1, 0.15) is 17.2 Å². The van der Waals surface area contributed by atoms with Crippen LogP contribution in [0.5, 0.6) is 5.75 Å². The molecule has 2 N–H and O–H groups in total. The number of hydrogen-bond donors (Lipinski definition) is 2. The molecule has 1 atom stereocenters. The van der Waals surface area contributed by atoms with Gasteiger partial charge in [-0.05, 0) is 35.4 Å². The van der Waals surface area contributed by atoms with Crippen molar-refractivity contribution < 1.29 is 9.84 Å². The number of ether oxygens (including phenoxy) is 1. The normalized spacial score (nSPS) is 12.2. The van der Waals surface area contributed by atoms with E-state index in [0.29, 0.717) is 6.54 Å². The molecule has 0 spiro atoms. The molecule has 20 heavy (non-hydrogen) atoms. The second-order valence-electron chi connectivity index (χ2n) is 4.55. The summed E-state index contributed by atoms with van der Waals surface area (Å²) in [6.07, 6.45) is -0.499. The molecule has 0 radical (unpaired) electrons. The van der Waals surface area contributed by atoms with E-state index >= 15 is 0 Å². The molecule has 2 aromatic carbocycles. The summed E-state index contributed by atoms with van der Waals surface area (Å²) in [5.74, 6) is 0.851. The van der Waals surface area contributed by atoms with Gasteiger partial charge in [0.25, 0.3) is 0 Å². The lowest BCUT2D eigenvalue weighted by Gasteiger charge is -2.12. The van der Waals surface area contributed by atoms with E-state index in [0.717, 1.165) is 27.9 Å². The van der Waals surface area contributed by atoms with Gasteiger partial charge in [-0.25, -0.2) is 0 Å². The van der Waals surface area contributed by atoms with E-state index in [9.17, 15) is 5.11 Å². The average molecular weight is 336 g/mol.